The molecular formula is C21H24ClNO5. The summed E-state index contributed by atoms with van der Waals surface area (Å²) >= 11 is 6.08. The Kier molecular flexibility index (Phi) is 5.28. The average Bonchev–Trinajstić information content (AvgIpc) is 3.08. The Hall–Kier alpha value is -2.34. The molecule has 2 N–H and O–H groups in total. The number of fused-ring (bicyclic) bond motifs is 2. The SMILES string of the molecule is CC(C)(C)OC(=O)CNC(=O)C1=C(O)c2cc(Cl)ccc2C2(CCCC2)C1=O. The van der Waals surface area contributed by atoms with Gasteiger partial charge in [0, 0.05) is 10.6 Å². The third-order valence-electron chi connectivity index (χ3n) is 5.15. The van der Waals surface area contributed by atoms with Crippen LogP contribution in [0.5, 0.6) is 0 Å². The van der Waals surface area contributed by atoms with E-state index in [1.807, 2.05) is 0 Å². The van der Waals surface area contributed by atoms with Gasteiger partial charge in [-0.05, 0) is 51.3 Å². The molecule has 1 spiro atoms. The van der Waals surface area contributed by atoms with Crippen molar-refractivity contribution in [3.05, 3.63) is 39.9 Å². The van der Waals surface area contributed by atoms with E-state index in [4.69, 9.17) is 16.3 Å². The molecule has 0 unspecified atom stereocenters. The lowest BCUT2D eigenvalue weighted by molar-refractivity contribution is -0.154. The van der Waals surface area contributed by atoms with Crippen molar-refractivity contribution < 1.29 is 24.2 Å². The van der Waals surface area contributed by atoms with Crippen LogP contribution in [-0.2, 0) is 24.5 Å². The van der Waals surface area contributed by atoms with Crippen molar-refractivity contribution in [2.75, 3.05) is 6.54 Å². The van der Waals surface area contributed by atoms with Gasteiger partial charge in [0.25, 0.3) is 5.91 Å². The highest BCUT2D eigenvalue weighted by Gasteiger charge is 2.50. The molecule has 0 radical (unpaired) electrons. The third kappa shape index (κ3) is 3.65. The molecule has 0 atom stereocenters. The van der Waals surface area contributed by atoms with Crippen molar-refractivity contribution in [3.63, 3.8) is 0 Å². The molecule has 2 aliphatic rings. The van der Waals surface area contributed by atoms with Crippen LogP contribution in [0.2, 0.25) is 5.02 Å². The molecule has 0 heterocycles. The molecule has 7 heteroatoms. The largest absolute Gasteiger partial charge is 0.506 e. The van der Waals surface area contributed by atoms with Crippen LogP contribution in [0.3, 0.4) is 0 Å². The maximum atomic E-state index is 13.3. The van der Waals surface area contributed by atoms with Crippen LogP contribution in [0.15, 0.2) is 23.8 Å². The number of aliphatic hydroxyl groups excluding tert-OH is 1. The number of carbonyl (C=O) groups is 3. The van der Waals surface area contributed by atoms with Crippen LogP contribution in [0.4, 0.5) is 0 Å². The lowest BCUT2D eigenvalue weighted by Crippen LogP contribution is -2.44. The van der Waals surface area contributed by atoms with E-state index in [-0.39, 0.29) is 5.57 Å². The Morgan fingerprint density at radius 1 is 1.25 bits per heavy atom. The fraction of sp³-hybridized carbons (Fsp3) is 0.476. The standard InChI is InChI=1S/C21H24ClNO5/c1-20(2,3)28-15(24)11-23-19(27)16-17(25)13-10-12(22)6-7-14(13)21(18(16)26)8-4-5-9-21/h6-7,10,25H,4-5,8-9,11H2,1-3H3,(H,23,27). The minimum absolute atomic E-state index is 0.319. The molecule has 2 aliphatic carbocycles. The first kappa shape index (κ1) is 20.4. The van der Waals surface area contributed by atoms with E-state index in [9.17, 15) is 19.5 Å². The summed E-state index contributed by atoms with van der Waals surface area (Å²) in [5, 5.41) is 13.5. The fourth-order valence-electron chi connectivity index (χ4n) is 4.04. The van der Waals surface area contributed by atoms with Gasteiger partial charge in [-0.15, -0.1) is 0 Å². The van der Waals surface area contributed by atoms with Crippen molar-refractivity contribution in [2.45, 2.75) is 57.5 Å². The molecule has 0 aromatic heterocycles. The average molecular weight is 406 g/mol. The first-order valence-corrected chi connectivity index (χ1v) is 9.71. The maximum Gasteiger partial charge on any atom is 0.325 e. The van der Waals surface area contributed by atoms with Crippen LogP contribution in [0.1, 0.15) is 57.6 Å². The van der Waals surface area contributed by atoms with Gasteiger partial charge in [0.2, 0.25) is 0 Å². The number of amides is 1. The lowest BCUT2D eigenvalue weighted by Gasteiger charge is -2.34. The summed E-state index contributed by atoms with van der Waals surface area (Å²) in [5.74, 6) is -2.21. The zero-order valence-electron chi connectivity index (χ0n) is 16.2. The van der Waals surface area contributed by atoms with E-state index in [0.29, 0.717) is 29.0 Å². The van der Waals surface area contributed by atoms with Crippen LogP contribution in [0.25, 0.3) is 5.76 Å². The van der Waals surface area contributed by atoms with Gasteiger partial charge in [-0.2, -0.15) is 0 Å². The van der Waals surface area contributed by atoms with E-state index in [1.54, 1.807) is 39.0 Å². The number of ether oxygens (including phenoxy) is 1. The topological polar surface area (TPSA) is 92.7 Å². The number of halogens is 1. The van der Waals surface area contributed by atoms with Gasteiger partial charge in [0.1, 0.15) is 23.5 Å². The van der Waals surface area contributed by atoms with Crippen molar-refractivity contribution >= 4 is 35.0 Å². The van der Waals surface area contributed by atoms with Gasteiger partial charge in [-0.25, -0.2) is 0 Å². The number of hydrogen-bond donors (Lipinski definition) is 2. The molecule has 1 amide bonds. The summed E-state index contributed by atoms with van der Waals surface area (Å²) in [6.07, 6.45) is 2.94. The zero-order chi connectivity index (χ0) is 20.7. The number of hydrogen-bond acceptors (Lipinski definition) is 5. The Balaban J connectivity index is 1.93. The molecule has 0 bridgehead atoms. The van der Waals surface area contributed by atoms with Gasteiger partial charge in [-0.1, -0.05) is 30.5 Å². The third-order valence-corrected chi connectivity index (χ3v) is 5.38. The fourth-order valence-corrected chi connectivity index (χ4v) is 4.21. The van der Waals surface area contributed by atoms with Gasteiger partial charge in [-0.3, -0.25) is 14.4 Å². The summed E-state index contributed by atoms with van der Waals surface area (Å²) in [6.45, 7) is 4.76. The van der Waals surface area contributed by atoms with Crippen LogP contribution < -0.4 is 5.32 Å². The highest BCUT2D eigenvalue weighted by Crippen LogP contribution is 2.49. The van der Waals surface area contributed by atoms with E-state index in [1.165, 1.54) is 0 Å². The second kappa shape index (κ2) is 7.24. The molecule has 28 heavy (non-hydrogen) atoms. The highest BCUT2D eigenvalue weighted by atomic mass is 35.5. The second-order valence-corrected chi connectivity index (χ2v) is 8.74. The molecular weight excluding hydrogens is 382 g/mol. The Bertz CT molecular complexity index is 875. The minimum Gasteiger partial charge on any atom is -0.506 e. The minimum atomic E-state index is -0.829. The van der Waals surface area contributed by atoms with Crippen molar-refractivity contribution in [1.29, 1.82) is 0 Å². The molecule has 1 saturated carbocycles. The molecule has 150 valence electrons. The van der Waals surface area contributed by atoms with Crippen molar-refractivity contribution in [2.24, 2.45) is 0 Å². The van der Waals surface area contributed by atoms with Gasteiger partial charge < -0.3 is 15.2 Å². The number of ketones is 1. The molecule has 1 aromatic carbocycles. The number of benzene rings is 1. The molecule has 3 rings (SSSR count). The first-order chi connectivity index (χ1) is 13.0. The van der Waals surface area contributed by atoms with Gasteiger partial charge >= 0.3 is 5.97 Å². The summed E-state index contributed by atoms with van der Waals surface area (Å²) in [4.78, 5) is 37.9. The molecule has 1 fully saturated rings. The summed E-state index contributed by atoms with van der Waals surface area (Å²) in [6, 6.07) is 5.01. The molecule has 1 aromatic rings. The molecule has 6 nitrogen and oxygen atoms in total. The van der Waals surface area contributed by atoms with E-state index in [0.717, 1.165) is 12.8 Å². The summed E-state index contributed by atoms with van der Waals surface area (Å²) in [7, 11) is 0. The quantitative estimate of drug-likeness (QED) is 0.593. The molecule has 0 saturated heterocycles. The Labute approximate surface area is 168 Å². The van der Waals surface area contributed by atoms with Crippen molar-refractivity contribution in [1.82, 2.24) is 5.32 Å². The predicted octanol–water partition coefficient (Wildman–Crippen LogP) is 3.46. The van der Waals surface area contributed by atoms with E-state index in [2.05, 4.69) is 5.32 Å². The number of nitrogens with one attached hydrogen (secondary N) is 1. The van der Waals surface area contributed by atoms with E-state index < -0.39 is 41.0 Å². The second-order valence-electron chi connectivity index (χ2n) is 8.30. The van der Waals surface area contributed by atoms with E-state index >= 15 is 0 Å². The maximum absolute atomic E-state index is 13.3. The number of esters is 1. The smallest absolute Gasteiger partial charge is 0.325 e. The summed E-state index contributed by atoms with van der Waals surface area (Å²) in [5.41, 5.74) is -0.727. The number of carbonyl (C=O) groups excluding carboxylic acids is 3. The summed E-state index contributed by atoms with van der Waals surface area (Å²) < 4.78 is 5.16. The monoisotopic (exact) mass is 405 g/mol. The Morgan fingerprint density at radius 2 is 1.89 bits per heavy atom. The zero-order valence-corrected chi connectivity index (χ0v) is 17.0. The number of Topliss-reactive ketones (excluding diaryl/α,β-unsaturated/α-hetero) is 1. The van der Waals surface area contributed by atoms with Crippen molar-refractivity contribution in [3.8, 4) is 0 Å². The lowest BCUT2D eigenvalue weighted by atomic mass is 9.67. The highest BCUT2D eigenvalue weighted by molar-refractivity contribution is 6.32. The van der Waals surface area contributed by atoms with Crippen LogP contribution in [0, 0.1) is 0 Å². The van der Waals surface area contributed by atoms with Crippen LogP contribution >= 0.6 is 11.6 Å². The predicted molar refractivity (Wildman–Crippen MR) is 105 cm³/mol. The van der Waals surface area contributed by atoms with Gasteiger partial charge in [0.15, 0.2) is 5.78 Å². The number of aliphatic hydroxyl groups is 1. The normalized spacial score (nSPS) is 18.2. The molecule has 0 aliphatic heterocycles. The van der Waals surface area contributed by atoms with Crippen LogP contribution in [-0.4, -0.2) is 34.9 Å². The Morgan fingerprint density at radius 3 is 2.50 bits per heavy atom. The van der Waals surface area contributed by atoms with Gasteiger partial charge in [0.05, 0.1) is 5.41 Å². The number of rotatable bonds is 3. The first-order valence-electron chi connectivity index (χ1n) is 9.34.